The van der Waals surface area contributed by atoms with Gasteiger partial charge in [0.2, 0.25) is 0 Å². The molecule has 0 bridgehead atoms. The van der Waals surface area contributed by atoms with E-state index in [1.807, 2.05) is 0 Å². The van der Waals surface area contributed by atoms with Crippen molar-refractivity contribution in [3.8, 4) is 23.6 Å². The van der Waals surface area contributed by atoms with Crippen molar-refractivity contribution in [3.05, 3.63) is 40.7 Å². The van der Waals surface area contributed by atoms with Gasteiger partial charge in [-0.1, -0.05) is 0 Å². The van der Waals surface area contributed by atoms with Crippen molar-refractivity contribution in [2.45, 2.75) is 37.5 Å². The van der Waals surface area contributed by atoms with Crippen LogP contribution in [0.1, 0.15) is 60.0 Å². The second kappa shape index (κ2) is 4.89. The molecule has 2 aromatic rings. The number of benzene rings is 1. The van der Waals surface area contributed by atoms with Crippen molar-refractivity contribution in [2.75, 3.05) is 0 Å². The molecule has 2 aliphatic carbocycles. The lowest BCUT2D eigenvalue weighted by molar-refractivity contribution is 0.470. The third kappa shape index (κ3) is 2.31. The molecule has 1 N–H and O–H groups in total. The van der Waals surface area contributed by atoms with Crippen LogP contribution in [0.3, 0.4) is 0 Å². The summed E-state index contributed by atoms with van der Waals surface area (Å²) in [6.45, 7) is 0. The van der Waals surface area contributed by atoms with Gasteiger partial charge in [0.05, 0.1) is 29.0 Å². The Balaban J connectivity index is 1.73. The van der Waals surface area contributed by atoms with E-state index in [4.69, 9.17) is 15.3 Å². The third-order valence-electron chi connectivity index (χ3n) is 4.11. The van der Waals surface area contributed by atoms with Crippen LogP contribution in [0.25, 0.3) is 0 Å². The van der Waals surface area contributed by atoms with Crippen LogP contribution in [0.15, 0.2) is 18.2 Å². The molecule has 0 spiro atoms. The Bertz CT molecular complexity index is 754. The van der Waals surface area contributed by atoms with Crippen molar-refractivity contribution < 1.29 is 4.74 Å². The van der Waals surface area contributed by atoms with E-state index in [0.29, 0.717) is 28.7 Å². The molecule has 108 valence electrons. The number of H-pyrrole nitrogens is 1. The minimum absolute atomic E-state index is 0.429. The summed E-state index contributed by atoms with van der Waals surface area (Å²) < 4.78 is 6.07. The zero-order valence-electron chi connectivity index (χ0n) is 12.0. The van der Waals surface area contributed by atoms with Crippen LogP contribution in [-0.4, -0.2) is 10.2 Å². The lowest BCUT2D eigenvalue weighted by Crippen LogP contribution is -1.93. The lowest BCUT2D eigenvalue weighted by atomic mass is 10.1. The monoisotopic (exact) mass is 290 g/mol. The maximum atomic E-state index is 9.08. The molecular weight excluding hydrogens is 276 g/mol. The maximum absolute atomic E-state index is 9.08. The Hall–Kier alpha value is -2.79. The highest BCUT2D eigenvalue weighted by Gasteiger charge is 2.36. The second-order valence-corrected chi connectivity index (χ2v) is 5.97. The van der Waals surface area contributed by atoms with Gasteiger partial charge in [0, 0.05) is 11.8 Å². The Morgan fingerprint density at radius 1 is 1.00 bits per heavy atom. The van der Waals surface area contributed by atoms with Crippen LogP contribution in [0, 0.1) is 22.7 Å². The fraction of sp³-hybridized carbons (Fsp3) is 0.353. The van der Waals surface area contributed by atoms with Gasteiger partial charge in [0.1, 0.15) is 11.4 Å². The Kier molecular flexibility index (Phi) is 2.87. The van der Waals surface area contributed by atoms with Crippen molar-refractivity contribution in [1.29, 1.82) is 10.5 Å². The summed E-state index contributed by atoms with van der Waals surface area (Å²) in [5.41, 5.74) is 2.91. The molecule has 0 aliphatic heterocycles. The van der Waals surface area contributed by atoms with Crippen molar-refractivity contribution in [3.63, 3.8) is 0 Å². The molecule has 2 aliphatic rings. The smallest absolute Gasteiger partial charge is 0.171 e. The van der Waals surface area contributed by atoms with Crippen LogP contribution in [0.5, 0.6) is 11.5 Å². The number of nitrogens with zero attached hydrogens (tertiary/aromatic N) is 3. The van der Waals surface area contributed by atoms with E-state index < -0.39 is 0 Å². The molecule has 0 radical (unpaired) electrons. The molecular formula is C17H14N4O. The van der Waals surface area contributed by atoms with Gasteiger partial charge in [-0.2, -0.15) is 15.6 Å². The summed E-state index contributed by atoms with van der Waals surface area (Å²) in [5, 5.41) is 25.7. The van der Waals surface area contributed by atoms with Gasteiger partial charge in [-0.05, 0) is 43.9 Å². The van der Waals surface area contributed by atoms with E-state index in [2.05, 4.69) is 22.3 Å². The highest BCUT2D eigenvalue weighted by molar-refractivity contribution is 5.49. The molecule has 1 heterocycles. The SMILES string of the molecule is N#Cc1cc(C#N)cc(Oc2c(C3CC3)n[nH]c2C2CC2)c1. The number of nitriles is 2. The maximum Gasteiger partial charge on any atom is 0.171 e. The van der Waals surface area contributed by atoms with E-state index in [1.54, 1.807) is 18.2 Å². The van der Waals surface area contributed by atoms with Gasteiger partial charge in [-0.3, -0.25) is 5.10 Å². The number of rotatable bonds is 4. The summed E-state index contributed by atoms with van der Waals surface area (Å²) >= 11 is 0. The number of ether oxygens (including phenoxy) is 1. The van der Waals surface area contributed by atoms with Gasteiger partial charge < -0.3 is 4.74 Å². The Morgan fingerprint density at radius 2 is 1.64 bits per heavy atom. The van der Waals surface area contributed by atoms with Gasteiger partial charge in [-0.15, -0.1) is 0 Å². The molecule has 0 saturated heterocycles. The van der Waals surface area contributed by atoms with E-state index >= 15 is 0 Å². The minimum atomic E-state index is 0.429. The Labute approximate surface area is 128 Å². The quantitative estimate of drug-likeness (QED) is 0.930. The van der Waals surface area contributed by atoms with Gasteiger partial charge in [0.25, 0.3) is 0 Å². The number of hydrogen-bond acceptors (Lipinski definition) is 4. The molecule has 0 unspecified atom stereocenters. The molecule has 5 heteroatoms. The van der Waals surface area contributed by atoms with E-state index in [1.165, 1.54) is 0 Å². The molecule has 5 nitrogen and oxygen atoms in total. The third-order valence-corrected chi connectivity index (χ3v) is 4.11. The largest absolute Gasteiger partial charge is 0.453 e. The number of hydrogen-bond donors (Lipinski definition) is 1. The van der Waals surface area contributed by atoms with Gasteiger partial charge in [-0.25, -0.2) is 0 Å². The van der Waals surface area contributed by atoms with Crippen LogP contribution >= 0.6 is 0 Å². The first-order valence-electron chi connectivity index (χ1n) is 7.50. The van der Waals surface area contributed by atoms with Gasteiger partial charge in [0.15, 0.2) is 5.75 Å². The average Bonchev–Trinajstić information content (AvgIpc) is 3.46. The topological polar surface area (TPSA) is 85.5 Å². The number of aromatic amines is 1. The summed E-state index contributed by atoms with van der Waals surface area (Å²) in [7, 11) is 0. The fourth-order valence-electron chi connectivity index (χ4n) is 2.65. The lowest BCUT2D eigenvalue weighted by Gasteiger charge is -2.09. The standard InChI is InChI=1S/C17H14N4O/c18-8-10-5-11(9-19)7-14(6-10)22-17-15(12-1-2-12)20-21-16(17)13-3-4-13/h5-7,12-13H,1-4H2,(H,20,21). The van der Waals surface area contributed by atoms with Gasteiger partial charge >= 0.3 is 0 Å². The first-order valence-corrected chi connectivity index (χ1v) is 7.50. The molecule has 2 saturated carbocycles. The zero-order valence-corrected chi connectivity index (χ0v) is 12.0. The highest BCUT2D eigenvalue weighted by Crippen LogP contribution is 2.50. The first kappa shape index (κ1) is 12.9. The number of nitrogens with one attached hydrogen (secondary N) is 1. The minimum Gasteiger partial charge on any atom is -0.453 e. The summed E-state index contributed by atoms with van der Waals surface area (Å²) in [4.78, 5) is 0. The van der Waals surface area contributed by atoms with Crippen molar-refractivity contribution in [1.82, 2.24) is 10.2 Å². The first-order chi connectivity index (χ1) is 10.8. The molecule has 0 amide bonds. The molecule has 2 fully saturated rings. The second-order valence-electron chi connectivity index (χ2n) is 5.97. The van der Waals surface area contributed by atoms with Crippen LogP contribution in [-0.2, 0) is 0 Å². The van der Waals surface area contributed by atoms with E-state index in [-0.39, 0.29) is 0 Å². The molecule has 1 aromatic carbocycles. The predicted octanol–water partition coefficient (Wildman–Crippen LogP) is 3.70. The Morgan fingerprint density at radius 3 is 2.18 bits per heavy atom. The average molecular weight is 290 g/mol. The van der Waals surface area contributed by atoms with Crippen LogP contribution in [0.2, 0.25) is 0 Å². The summed E-state index contributed by atoms with van der Waals surface area (Å²) in [6.07, 6.45) is 4.61. The van der Waals surface area contributed by atoms with E-state index in [9.17, 15) is 0 Å². The van der Waals surface area contributed by atoms with Crippen molar-refractivity contribution >= 4 is 0 Å². The molecule has 1 aromatic heterocycles. The normalized spacial score (nSPS) is 16.8. The predicted molar refractivity (Wildman–Crippen MR) is 78.5 cm³/mol. The molecule has 22 heavy (non-hydrogen) atoms. The van der Waals surface area contributed by atoms with E-state index in [0.717, 1.165) is 42.8 Å². The van der Waals surface area contributed by atoms with Crippen LogP contribution in [0.4, 0.5) is 0 Å². The molecule has 0 atom stereocenters. The zero-order chi connectivity index (χ0) is 15.1. The van der Waals surface area contributed by atoms with Crippen molar-refractivity contribution in [2.24, 2.45) is 0 Å². The van der Waals surface area contributed by atoms with Crippen LogP contribution < -0.4 is 4.74 Å². The summed E-state index contributed by atoms with van der Waals surface area (Å²) in [5.74, 6) is 2.32. The number of aromatic nitrogens is 2. The summed E-state index contributed by atoms with van der Waals surface area (Å²) in [6, 6.07) is 9.03. The fourth-order valence-corrected chi connectivity index (χ4v) is 2.65. The molecule has 4 rings (SSSR count). The highest BCUT2D eigenvalue weighted by atomic mass is 16.5.